The molecule has 0 atom stereocenters. The van der Waals surface area contributed by atoms with Gasteiger partial charge in [0.1, 0.15) is 5.75 Å². The molecule has 0 aliphatic rings. The third-order valence-electron chi connectivity index (χ3n) is 4.22. The lowest BCUT2D eigenvalue weighted by molar-refractivity contribution is -0.147. The molecule has 2 aromatic rings. The molecule has 0 aliphatic carbocycles. The summed E-state index contributed by atoms with van der Waals surface area (Å²) in [5.41, 5.74) is 2.84. The van der Waals surface area contributed by atoms with Crippen molar-refractivity contribution >= 4 is 18.1 Å². The number of aryl methyl sites for hydroxylation is 1. The molecular weight excluding hydrogens is 312 g/mol. The molecule has 0 saturated heterocycles. The first-order valence-corrected chi connectivity index (χ1v) is 8.58. The fourth-order valence-corrected chi connectivity index (χ4v) is 2.36. The van der Waals surface area contributed by atoms with Crippen LogP contribution in [0.5, 0.6) is 5.75 Å². The summed E-state index contributed by atoms with van der Waals surface area (Å²) < 4.78 is 5.70. The van der Waals surface area contributed by atoms with Gasteiger partial charge in [0.15, 0.2) is 0 Å². The van der Waals surface area contributed by atoms with Crippen LogP contribution in [-0.2, 0) is 4.79 Å². The topological polar surface area (TPSA) is 46.5 Å². The molecule has 0 amide bonds. The molecule has 0 aromatic heterocycles. The molecule has 132 valence electrons. The maximum absolute atomic E-state index is 11.1. The Bertz CT molecular complexity index is 710. The van der Waals surface area contributed by atoms with E-state index in [4.69, 9.17) is 9.84 Å². The van der Waals surface area contributed by atoms with Crippen LogP contribution in [0.25, 0.3) is 12.2 Å². The molecule has 0 spiro atoms. The zero-order valence-electron chi connectivity index (χ0n) is 15.2. The van der Waals surface area contributed by atoms with Gasteiger partial charge in [-0.15, -0.1) is 0 Å². The predicted octanol–water partition coefficient (Wildman–Crippen LogP) is 5.44. The summed E-state index contributed by atoms with van der Waals surface area (Å²) >= 11 is 0. The second-order valence-corrected chi connectivity index (χ2v) is 6.95. The van der Waals surface area contributed by atoms with Crippen LogP contribution in [0.4, 0.5) is 0 Å². The lowest BCUT2D eigenvalue weighted by Gasteiger charge is -2.18. The fraction of sp³-hybridized carbons (Fsp3) is 0.318. The van der Waals surface area contributed by atoms with Gasteiger partial charge < -0.3 is 9.84 Å². The van der Waals surface area contributed by atoms with Crippen LogP contribution in [0.3, 0.4) is 0 Å². The van der Waals surface area contributed by atoms with Gasteiger partial charge in [-0.25, -0.2) is 0 Å². The molecule has 3 heteroatoms. The highest BCUT2D eigenvalue weighted by atomic mass is 16.5. The molecule has 0 fully saturated rings. The number of carboxylic acid groups (broad SMARTS) is 1. The maximum Gasteiger partial charge on any atom is 0.309 e. The SMILES string of the molecule is Cc1ccc(/C=C/c2ccc(OCCCC(C)(C)C(=O)O)cc2)cc1. The maximum atomic E-state index is 11.1. The molecule has 0 heterocycles. The molecule has 0 unspecified atom stereocenters. The lowest BCUT2D eigenvalue weighted by atomic mass is 9.88. The Balaban J connectivity index is 1.81. The van der Waals surface area contributed by atoms with Crippen molar-refractivity contribution in [1.82, 2.24) is 0 Å². The smallest absolute Gasteiger partial charge is 0.309 e. The summed E-state index contributed by atoms with van der Waals surface area (Å²) in [6.07, 6.45) is 5.47. The van der Waals surface area contributed by atoms with Crippen molar-refractivity contribution < 1.29 is 14.6 Å². The van der Waals surface area contributed by atoms with Crippen molar-refractivity contribution in [2.45, 2.75) is 33.6 Å². The second-order valence-electron chi connectivity index (χ2n) is 6.95. The first-order chi connectivity index (χ1) is 11.9. The van der Waals surface area contributed by atoms with E-state index in [1.807, 2.05) is 24.3 Å². The van der Waals surface area contributed by atoms with E-state index in [9.17, 15) is 4.79 Å². The average Bonchev–Trinajstić information content (AvgIpc) is 2.59. The minimum absolute atomic E-state index is 0.523. The molecule has 25 heavy (non-hydrogen) atoms. The first-order valence-electron chi connectivity index (χ1n) is 8.58. The second kappa shape index (κ2) is 8.52. The van der Waals surface area contributed by atoms with Crippen molar-refractivity contribution in [3.63, 3.8) is 0 Å². The number of hydrogen-bond acceptors (Lipinski definition) is 2. The standard InChI is InChI=1S/C22H26O3/c1-17-5-7-18(8-6-17)9-10-19-11-13-20(14-12-19)25-16-4-15-22(2,3)21(23)24/h5-14H,4,15-16H2,1-3H3,(H,23,24)/b10-9+. The highest BCUT2D eigenvalue weighted by Crippen LogP contribution is 2.23. The van der Waals surface area contributed by atoms with Gasteiger partial charge >= 0.3 is 5.97 Å². The number of benzene rings is 2. The third-order valence-corrected chi connectivity index (χ3v) is 4.22. The molecule has 2 rings (SSSR count). The minimum Gasteiger partial charge on any atom is -0.494 e. The van der Waals surface area contributed by atoms with Crippen molar-refractivity contribution in [3.05, 3.63) is 65.2 Å². The van der Waals surface area contributed by atoms with Gasteiger partial charge in [0.2, 0.25) is 0 Å². The van der Waals surface area contributed by atoms with Gasteiger partial charge in [0.25, 0.3) is 0 Å². The van der Waals surface area contributed by atoms with Crippen LogP contribution < -0.4 is 4.74 Å². The van der Waals surface area contributed by atoms with Gasteiger partial charge in [-0.05, 0) is 56.9 Å². The van der Waals surface area contributed by atoms with Crippen LogP contribution in [0.1, 0.15) is 43.4 Å². The summed E-state index contributed by atoms with van der Waals surface area (Å²) in [5, 5.41) is 9.09. The normalized spacial score (nSPS) is 11.6. The van der Waals surface area contributed by atoms with E-state index < -0.39 is 11.4 Å². The molecular formula is C22H26O3. The molecule has 0 radical (unpaired) electrons. The summed E-state index contributed by atoms with van der Waals surface area (Å²) in [4.78, 5) is 11.1. The molecule has 2 aromatic carbocycles. The van der Waals surface area contributed by atoms with Crippen molar-refractivity contribution in [2.75, 3.05) is 6.61 Å². The zero-order valence-corrected chi connectivity index (χ0v) is 15.2. The predicted molar refractivity (Wildman–Crippen MR) is 103 cm³/mol. The summed E-state index contributed by atoms with van der Waals surface area (Å²) in [5.74, 6) is 0.0397. The number of hydrogen-bond donors (Lipinski definition) is 1. The highest BCUT2D eigenvalue weighted by Gasteiger charge is 2.26. The number of rotatable bonds is 8. The van der Waals surface area contributed by atoms with Gasteiger partial charge in [0, 0.05) is 0 Å². The summed E-state index contributed by atoms with van der Waals surface area (Å²) in [7, 11) is 0. The van der Waals surface area contributed by atoms with E-state index in [0.29, 0.717) is 19.4 Å². The Kier molecular flexibility index (Phi) is 6.40. The van der Waals surface area contributed by atoms with E-state index in [0.717, 1.165) is 11.3 Å². The summed E-state index contributed by atoms with van der Waals surface area (Å²) in [6, 6.07) is 16.3. The molecule has 1 N–H and O–H groups in total. The number of ether oxygens (including phenoxy) is 1. The average molecular weight is 338 g/mol. The Morgan fingerprint density at radius 1 is 1.00 bits per heavy atom. The van der Waals surface area contributed by atoms with Crippen molar-refractivity contribution in [3.8, 4) is 5.75 Å². The first kappa shape index (κ1) is 18.8. The van der Waals surface area contributed by atoms with E-state index in [1.165, 1.54) is 11.1 Å². The monoisotopic (exact) mass is 338 g/mol. The van der Waals surface area contributed by atoms with Crippen LogP contribution in [0, 0.1) is 12.3 Å². The van der Waals surface area contributed by atoms with Crippen LogP contribution in [0.2, 0.25) is 0 Å². The van der Waals surface area contributed by atoms with Gasteiger partial charge in [-0.1, -0.05) is 54.1 Å². The van der Waals surface area contributed by atoms with Crippen LogP contribution >= 0.6 is 0 Å². The zero-order chi connectivity index (χ0) is 18.3. The number of carboxylic acids is 1. The summed E-state index contributed by atoms with van der Waals surface area (Å²) in [6.45, 7) is 6.08. The van der Waals surface area contributed by atoms with Crippen LogP contribution in [-0.4, -0.2) is 17.7 Å². The van der Waals surface area contributed by atoms with E-state index >= 15 is 0 Å². The Labute approximate surface area is 150 Å². The Morgan fingerprint density at radius 2 is 1.52 bits per heavy atom. The van der Waals surface area contributed by atoms with Gasteiger partial charge in [-0.2, -0.15) is 0 Å². The Morgan fingerprint density at radius 3 is 2.04 bits per heavy atom. The fourth-order valence-electron chi connectivity index (χ4n) is 2.36. The molecule has 3 nitrogen and oxygen atoms in total. The largest absolute Gasteiger partial charge is 0.494 e. The van der Waals surface area contributed by atoms with Gasteiger partial charge in [0.05, 0.1) is 12.0 Å². The number of carbonyl (C=O) groups is 1. The van der Waals surface area contributed by atoms with E-state index in [1.54, 1.807) is 13.8 Å². The van der Waals surface area contributed by atoms with Crippen LogP contribution in [0.15, 0.2) is 48.5 Å². The van der Waals surface area contributed by atoms with E-state index in [-0.39, 0.29) is 0 Å². The molecule has 0 saturated carbocycles. The Hall–Kier alpha value is -2.55. The highest BCUT2D eigenvalue weighted by molar-refractivity contribution is 5.73. The van der Waals surface area contributed by atoms with E-state index in [2.05, 4.69) is 43.3 Å². The quantitative estimate of drug-likeness (QED) is 0.515. The minimum atomic E-state index is -0.766. The number of aliphatic carboxylic acids is 1. The molecule has 0 aliphatic heterocycles. The lowest BCUT2D eigenvalue weighted by Crippen LogP contribution is -2.24. The van der Waals surface area contributed by atoms with Crippen molar-refractivity contribution in [2.24, 2.45) is 5.41 Å². The van der Waals surface area contributed by atoms with Crippen molar-refractivity contribution in [1.29, 1.82) is 0 Å². The third kappa shape index (κ3) is 6.11. The van der Waals surface area contributed by atoms with Gasteiger partial charge in [-0.3, -0.25) is 4.79 Å². The molecule has 0 bridgehead atoms.